The monoisotopic (exact) mass is 311 g/mol. The van der Waals surface area contributed by atoms with Crippen LogP contribution in [0.2, 0.25) is 0 Å². The number of carbonyl (C=O) groups excluding carboxylic acids is 1. The Morgan fingerprint density at radius 2 is 2.23 bits per heavy atom. The molecule has 9 heteroatoms. The van der Waals surface area contributed by atoms with Crippen molar-refractivity contribution in [1.82, 2.24) is 5.10 Å². The fourth-order valence-corrected chi connectivity index (χ4v) is 1.42. The molecule has 0 saturated carbocycles. The summed E-state index contributed by atoms with van der Waals surface area (Å²) in [5, 5.41) is 24.7. The van der Waals surface area contributed by atoms with Gasteiger partial charge in [-0.25, -0.2) is 9.79 Å². The third-order valence-corrected chi connectivity index (χ3v) is 2.31. The zero-order valence-corrected chi connectivity index (χ0v) is 12.5. The lowest BCUT2D eigenvalue weighted by Gasteiger charge is -2.06. The summed E-state index contributed by atoms with van der Waals surface area (Å²) in [6, 6.07) is 0. The minimum absolute atomic E-state index is 0.0867. The summed E-state index contributed by atoms with van der Waals surface area (Å²) in [5.74, 6) is -1.69. The van der Waals surface area contributed by atoms with Crippen molar-refractivity contribution in [2.45, 2.75) is 13.8 Å². The van der Waals surface area contributed by atoms with Gasteiger partial charge in [-0.2, -0.15) is 0 Å². The van der Waals surface area contributed by atoms with Crippen LogP contribution in [0.25, 0.3) is 6.08 Å². The number of aliphatic imine (C=N–C) groups is 1. The van der Waals surface area contributed by atoms with E-state index in [9.17, 15) is 15.1 Å². The summed E-state index contributed by atoms with van der Waals surface area (Å²) >= 11 is 0. The molecule has 0 unspecified atom stereocenters. The standard InChI is InChI=1S/C13H17N3O6/c1-4-21-8-14-11-9(6-10(17)13(18)22-5-2)7-16(19)15-12(11)20-3/h6-8,17H,4-5H2,1-3H3/b10-6-,14-8?. The fourth-order valence-electron chi connectivity index (χ4n) is 1.42. The lowest BCUT2D eigenvalue weighted by atomic mass is 10.2. The molecule has 0 radical (unpaired) electrons. The summed E-state index contributed by atoms with van der Waals surface area (Å²) in [4.78, 5) is 15.6. The molecule has 0 bridgehead atoms. The molecule has 0 aliphatic carbocycles. The number of carbonyl (C=O) groups is 1. The summed E-state index contributed by atoms with van der Waals surface area (Å²) in [6.07, 6.45) is 3.21. The van der Waals surface area contributed by atoms with Gasteiger partial charge in [0.1, 0.15) is 5.69 Å². The number of hydrogen-bond acceptors (Lipinski definition) is 8. The maximum Gasteiger partial charge on any atom is 0.373 e. The maximum absolute atomic E-state index is 11.4. The fraction of sp³-hybridized carbons (Fsp3) is 0.385. The van der Waals surface area contributed by atoms with Gasteiger partial charge in [0.05, 0.1) is 31.0 Å². The predicted molar refractivity (Wildman–Crippen MR) is 76.8 cm³/mol. The highest BCUT2D eigenvalue weighted by Crippen LogP contribution is 2.29. The Kier molecular flexibility index (Phi) is 6.61. The first-order chi connectivity index (χ1) is 10.5. The number of hydrogen-bond donors (Lipinski definition) is 1. The van der Waals surface area contributed by atoms with Gasteiger partial charge >= 0.3 is 11.8 Å². The number of aliphatic hydroxyl groups is 1. The molecule has 0 aromatic carbocycles. The molecule has 0 atom stereocenters. The number of methoxy groups -OCH3 is 1. The molecule has 0 fully saturated rings. The van der Waals surface area contributed by atoms with Crippen LogP contribution in [0.5, 0.6) is 5.88 Å². The largest absolute Gasteiger partial charge is 0.594 e. The van der Waals surface area contributed by atoms with Gasteiger partial charge in [0.15, 0.2) is 6.40 Å². The van der Waals surface area contributed by atoms with E-state index in [0.29, 0.717) is 6.61 Å². The lowest BCUT2D eigenvalue weighted by Crippen LogP contribution is -2.31. The van der Waals surface area contributed by atoms with Crippen LogP contribution in [0.15, 0.2) is 16.9 Å². The first-order valence-electron chi connectivity index (χ1n) is 6.43. The van der Waals surface area contributed by atoms with E-state index in [2.05, 4.69) is 14.8 Å². The number of esters is 1. The van der Waals surface area contributed by atoms with Crippen LogP contribution >= 0.6 is 0 Å². The molecule has 0 aliphatic heterocycles. The molecular weight excluding hydrogens is 294 g/mol. The molecule has 1 aromatic heterocycles. The Morgan fingerprint density at radius 1 is 1.50 bits per heavy atom. The zero-order valence-electron chi connectivity index (χ0n) is 12.5. The number of aliphatic hydroxyl groups excluding tert-OH is 1. The molecule has 1 heterocycles. The topological polar surface area (TPSA) is 117 Å². The van der Waals surface area contributed by atoms with Crippen molar-refractivity contribution in [3.63, 3.8) is 0 Å². The third kappa shape index (κ3) is 4.62. The van der Waals surface area contributed by atoms with Crippen molar-refractivity contribution in [1.29, 1.82) is 0 Å². The summed E-state index contributed by atoms with van der Waals surface area (Å²) in [6.45, 7) is 3.87. The Hall–Kier alpha value is -2.84. The first kappa shape index (κ1) is 17.2. The van der Waals surface area contributed by atoms with Gasteiger partial charge in [0.25, 0.3) is 0 Å². The predicted octanol–water partition coefficient (Wildman–Crippen LogP) is 0.882. The van der Waals surface area contributed by atoms with Crippen LogP contribution in [-0.2, 0) is 14.3 Å². The van der Waals surface area contributed by atoms with Gasteiger partial charge in [-0.05, 0) is 13.8 Å². The van der Waals surface area contributed by atoms with Crippen LogP contribution in [-0.4, -0.2) is 42.9 Å². The van der Waals surface area contributed by atoms with Crippen molar-refractivity contribution >= 4 is 24.1 Å². The van der Waals surface area contributed by atoms with Gasteiger partial charge in [-0.3, -0.25) is 0 Å². The van der Waals surface area contributed by atoms with Crippen molar-refractivity contribution in [3.05, 3.63) is 22.7 Å². The smallest absolute Gasteiger partial charge is 0.373 e. The third-order valence-electron chi connectivity index (χ3n) is 2.31. The minimum atomic E-state index is -0.921. The quantitative estimate of drug-likeness (QED) is 0.151. The lowest BCUT2D eigenvalue weighted by molar-refractivity contribution is -0.669. The summed E-state index contributed by atoms with van der Waals surface area (Å²) in [7, 11) is 1.31. The number of ether oxygens (including phenoxy) is 3. The average molecular weight is 311 g/mol. The second kappa shape index (κ2) is 8.45. The van der Waals surface area contributed by atoms with Crippen molar-refractivity contribution in [2.75, 3.05) is 20.3 Å². The van der Waals surface area contributed by atoms with E-state index in [1.165, 1.54) is 7.11 Å². The Balaban J connectivity index is 3.29. The molecule has 1 aromatic rings. The first-order valence-corrected chi connectivity index (χ1v) is 6.43. The van der Waals surface area contributed by atoms with Gasteiger partial charge in [0.2, 0.25) is 12.0 Å². The molecule has 22 heavy (non-hydrogen) atoms. The average Bonchev–Trinajstić information content (AvgIpc) is 2.49. The second-order valence-corrected chi connectivity index (χ2v) is 3.78. The van der Waals surface area contributed by atoms with Crippen LogP contribution in [0.1, 0.15) is 19.4 Å². The molecule has 120 valence electrons. The molecular formula is C13H17N3O6. The molecule has 0 amide bonds. The minimum Gasteiger partial charge on any atom is -0.594 e. The Labute approximate surface area is 127 Å². The highest BCUT2D eigenvalue weighted by Gasteiger charge is 2.18. The van der Waals surface area contributed by atoms with Gasteiger partial charge in [-0.1, -0.05) is 4.85 Å². The van der Waals surface area contributed by atoms with Crippen LogP contribution in [0.4, 0.5) is 5.69 Å². The molecule has 1 rings (SSSR count). The van der Waals surface area contributed by atoms with Crippen LogP contribution < -0.4 is 9.58 Å². The van der Waals surface area contributed by atoms with Gasteiger partial charge in [-0.15, -0.1) is 0 Å². The van der Waals surface area contributed by atoms with Crippen LogP contribution in [0, 0.1) is 5.21 Å². The highest BCUT2D eigenvalue weighted by molar-refractivity contribution is 5.92. The SMILES string of the molecule is CCOC=Nc1c(/C=C(\O)C(=O)OCC)c[n+]([O-])nc1OC. The van der Waals surface area contributed by atoms with E-state index >= 15 is 0 Å². The highest BCUT2D eigenvalue weighted by atomic mass is 16.5. The van der Waals surface area contributed by atoms with Crippen molar-refractivity contribution in [2.24, 2.45) is 4.99 Å². The maximum atomic E-state index is 11.4. The Bertz CT molecular complexity index is 585. The van der Waals surface area contributed by atoms with Gasteiger partial charge in [0, 0.05) is 6.08 Å². The van der Waals surface area contributed by atoms with E-state index in [0.717, 1.165) is 18.7 Å². The summed E-state index contributed by atoms with van der Waals surface area (Å²) in [5.41, 5.74) is 0.238. The number of nitrogens with zero attached hydrogens (tertiary/aromatic N) is 3. The van der Waals surface area contributed by atoms with Crippen molar-refractivity contribution < 1.29 is 29.0 Å². The van der Waals surface area contributed by atoms with Gasteiger partial charge < -0.3 is 24.5 Å². The summed E-state index contributed by atoms with van der Waals surface area (Å²) < 4.78 is 14.6. The van der Waals surface area contributed by atoms with E-state index in [4.69, 9.17) is 9.47 Å². The molecule has 1 N–H and O–H groups in total. The van der Waals surface area contributed by atoms with E-state index < -0.39 is 11.7 Å². The molecule has 0 aliphatic rings. The number of aromatic nitrogens is 2. The van der Waals surface area contributed by atoms with Crippen LogP contribution in [0.3, 0.4) is 0 Å². The molecule has 9 nitrogen and oxygen atoms in total. The normalized spacial score (nSPS) is 11.5. The number of rotatable bonds is 7. The van der Waals surface area contributed by atoms with Crippen molar-refractivity contribution in [3.8, 4) is 5.88 Å². The molecule has 0 spiro atoms. The van der Waals surface area contributed by atoms with E-state index in [1.807, 2.05) is 0 Å². The zero-order chi connectivity index (χ0) is 16.5. The molecule has 0 saturated heterocycles. The Morgan fingerprint density at radius 3 is 2.82 bits per heavy atom. The van der Waals surface area contributed by atoms with E-state index in [-0.39, 0.29) is 28.6 Å². The second-order valence-electron chi connectivity index (χ2n) is 3.78. The van der Waals surface area contributed by atoms with E-state index in [1.54, 1.807) is 13.8 Å².